The lowest BCUT2D eigenvalue weighted by Gasteiger charge is -2.07. The van der Waals surface area contributed by atoms with Gasteiger partial charge in [-0.1, -0.05) is 42.8 Å². The number of amides is 4. The molecule has 0 saturated carbocycles. The third-order valence-corrected chi connectivity index (χ3v) is 8.31. The maximum Gasteiger partial charge on any atom is 0.265 e. The summed E-state index contributed by atoms with van der Waals surface area (Å²) in [5, 5.41) is 17.8. The highest BCUT2D eigenvalue weighted by Gasteiger charge is 2.10. The largest absolute Gasteiger partial charge is 0.321 e. The fourth-order valence-electron chi connectivity index (χ4n) is 4.13. The van der Waals surface area contributed by atoms with Gasteiger partial charge in [-0.25, -0.2) is 10.9 Å². The Morgan fingerprint density at radius 3 is 1.44 bits per heavy atom. The van der Waals surface area contributed by atoms with Crippen LogP contribution < -0.4 is 21.5 Å². The third kappa shape index (κ3) is 10.6. The molecule has 0 atom stereocenters. The van der Waals surface area contributed by atoms with Gasteiger partial charge < -0.3 is 10.6 Å². The summed E-state index contributed by atoms with van der Waals surface area (Å²) >= 11 is 2.74. The van der Waals surface area contributed by atoms with Crippen molar-refractivity contribution in [2.45, 2.75) is 46.0 Å². The fourth-order valence-corrected chi connectivity index (χ4v) is 5.36. The van der Waals surface area contributed by atoms with Crippen LogP contribution in [0.5, 0.6) is 0 Å². The van der Waals surface area contributed by atoms with Crippen LogP contribution in [0.2, 0.25) is 0 Å². The molecule has 4 aromatic rings. The van der Waals surface area contributed by atoms with Crippen LogP contribution >= 0.6 is 22.7 Å². The van der Waals surface area contributed by atoms with E-state index in [0.29, 0.717) is 51.8 Å². The lowest BCUT2D eigenvalue weighted by Crippen LogP contribution is -2.20. The smallest absolute Gasteiger partial charge is 0.265 e. The summed E-state index contributed by atoms with van der Waals surface area (Å²) < 4.78 is 0. The van der Waals surface area contributed by atoms with Gasteiger partial charge in [0.25, 0.3) is 11.8 Å². The maximum atomic E-state index is 12.3. The predicted molar refractivity (Wildman–Crippen MR) is 181 cm³/mol. The van der Waals surface area contributed by atoms with E-state index in [1.54, 1.807) is 50.2 Å². The first-order chi connectivity index (χ1) is 21.8. The van der Waals surface area contributed by atoms with Gasteiger partial charge in [-0.15, -0.1) is 22.7 Å². The van der Waals surface area contributed by atoms with E-state index in [2.05, 4.69) is 31.7 Å². The van der Waals surface area contributed by atoms with Crippen molar-refractivity contribution >= 4 is 69.1 Å². The lowest BCUT2D eigenvalue weighted by atomic mass is 10.1. The van der Waals surface area contributed by atoms with Crippen LogP contribution in [0.4, 0.5) is 11.4 Å². The highest BCUT2D eigenvalue weighted by molar-refractivity contribution is 7.12. The minimum absolute atomic E-state index is 0.176. The molecular weight excluding hydrogens is 609 g/mol. The lowest BCUT2D eigenvalue weighted by molar-refractivity contribution is -0.121. The molecule has 2 heterocycles. The number of nitrogens with one attached hydrogen (secondary N) is 4. The molecule has 0 spiro atoms. The molecule has 0 saturated heterocycles. The summed E-state index contributed by atoms with van der Waals surface area (Å²) in [5.74, 6) is -0.779. The summed E-state index contributed by atoms with van der Waals surface area (Å²) in [7, 11) is 0. The number of anilines is 2. The van der Waals surface area contributed by atoms with Gasteiger partial charge in [0.1, 0.15) is 0 Å². The summed E-state index contributed by atoms with van der Waals surface area (Å²) in [6, 6.07) is 21.7. The molecule has 232 valence electrons. The van der Waals surface area contributed by atoms with Crippen molar-refractivity contribution in [2.75, 3.05) is 10.6 Å². The Balaban J connectivity index is 1.13. The van der Waals surface area contributed by atoms with Crippen molar-refractivity contribution in [3.8, 4) is 0 Å². The van der Waals surface area contributed by atoms with Gasteiger partial charge in [0, 0.05) is 24.2 Å². The molecule has 0 fully saturated rings. The number of nitrogens with zero attached hydrogens (tertiary/aromatic N) is 2. The molecule has 4 amide bonds. The molecule has 0 unspecified atom stereocenters. The monoisotopic (exact) mass is 642 g/mol. The third-order valence-electron chi connectivity index (χ3n) is 6.57. The zero-order valence-corrected chi connectivity index (χ0v) is 26.6. The molecule has 10 nitrogen and oxygen atoms in total. The Hall–Kier alpha value is -4.94. The minimum atomic E-state index is -0.213. The number of hydrogen-bond donors (Lipinski definition) is 4. The standard InChI is InChI=1S/C33H34N6O4S2/c1-22(24-10-6-12-26(20-24)34-32(42)28-14-8-18-44-28)36-38-30(40)16-4-3-5-17-31(41)39-37-23(2)25-11-7-13-27(21-25)35-33(43)29-15-9-19-45-29/h6-15,18-21H,3-5,16-17H2,1-2H3,(H,34,42)(H,35,43)(H,38,40)(H,39,41). The molecule has 0 bridgehead atoms. The first-order valence-electron chi connectivity index (χ1n) is 14.4. The summed E-state index contributed by atoms with van der Waals surface area (Å²) in [5.41, 5.74) is 9.20. The number of thiophene rings is 2. The zero-order valence-electron chi connectivity index (χ0n) is 25.0. The Morgan fingerprint density at radius 1 is 0.600 bits per heavy atom. The normalized spacial score (nSPS) is 11.5. The highest BCUT2D eigenvalue weighted by Crippen LogP contribution is 2.17. The van der Waals surface area contributed by atoms with Crippen LogP contribution in [0.1, 0.15) is 76.4 Å². The second-order valence-corrected chi connectivity index (χ2v) is 11.9. The topological polar surface area (TPSA) is 141 Å². The van der Waals surface area contributed by atoms with Crippen LogP contribution in [-0.2, 0) is 9.59 Å². The minimum Gasteiger partial charge on any atom is -0.321 e. The van der Waals surface area contributed by atoms with E-state index in [1.165, 1.54) is 22.7 Å². The zero-order chi connectivity index (χ0) is 32.0. The molecule has 45 heavy (non-hydrogen) atoms. The predicted octanol–water partition coefficient (Wildman–Crippen LogP) is 6.65. The molecule has 0 radical (unpaired) electrons. The van der Waals surface area contributed by atoms with Gasteiger partial charge in [-0.05, 0) is 85.0 Å². The number of carbonyl (C=O) groups excluding carboxylic acids is 4. The number of carbonyl (C=O) groups is 4. The van der Waals surface area contributed by atoms with E-state index in [0.717, 1.165) is 11.1 Å². The van der Waals surface area contributed by atoms with Crippen LogP contribution in [0, 0.1) is 0 Å². The van der Waals surface area contributed by atoms with Gasteiger partial charge >= 0.3 is 0 Å². The first-order valence-corrected chi connectivity index (χ1v) is 16.1. The van der Waals surface area contributed by atoms with Crippen molar-refractivity contribution in [1.82, 2.24) is 10.9 Å². The second kappa shape index (κ2) is 16.8. The Kier molecular flexibility index (Phi) is 12.3. The van der Waals surface area contributed by atoms with Gasteiger partial charge in [-0.2, -0.15) is 10.2 Å². The van der Waals surface area contributed by atoms with E-state index in [1.807, 2.05) is 47.2 Å². The molecule has 2 aromatic heterocycles. The number of rotatable bonds is 14. The van der Waals surface area contributed by atoms with Crippen LogP contribution in [0.25, 0.3) is 0 Å². The van der Waals surface area contributed by atoms with Gasteiger partial charge in [-0.3, -0.25) is 19.2 Å². The molecule has 2 aromatic carbocycles. The van der Waals surface area contributed by atoms with Gasteiger partial charge in [0.2, 0.25) is 11.8 Å². The summed E-state index contributed by atoms with van der Waals surface area (Å²) in [6.07, 6.45) is 2.50. The average Bonchev–Trinajstić information content (AvgIpc) is 3.78. The molecular formula is C33H34N6O4S2. The highest BCUT2D eigenvalue weighted by atomic mass is 32.1. The van der Waals surface area contributed by atoms with Crippen molar-refractivity contribution in [3.63, 3.8) is 0 Å². The van der Waals surface area contributed by atoms with E-state index in [4.69, 9.17) is 0 Å². The Labute approximate surface area is 269 Å². The molecule has 0 aliphatic heterocycles. The molecule has 12 heteroatoms. The Bertz CT molecular complexity index is 1560. The quantitative estimate of drug-likeness (QED) is 0.0695. The second-order valence-electron chi connectivity index (χ2n) is 10.0. The van der Waals surface area contributed by atoms with E-state index < -0.39 is 0 Å². The maximum absolute atomic E-state index is 12.3. The average molecular weight is 643 g/mol. The molecule has 0 aliphatic rings. The number of hydrogen-bond acceptors (Lipinski definition) is 8. The van der Waals surface area contributed by atoms with Crippen molar-refractivity contribution in [1.29, 1.82) is 0 Å². The molecule has 0 aliphatic carbocycles. The summed E-state index contributed by atoms with van der Waals surface area (Å²) in [6.45, 7) is 3.56. The van der Waals surface area contributed by atoms with Crippen LogP contribution in [0.3, 0.4) is 0 Å². The molecule has 4 rings (SSSR count). The first kappa shape index (κ1) is 33.0. The van der Waals surface area contributed by atoms with E-state index in [9.17, 15) is 19.2 Å². The van der Waals surface area contributed by atoms with Crippen molar-refractivity contribution in [2.24, 2.45) is 10.2 Å². The van der Waals surface area contributed by atoms with Crippen molar-refractivity contribution < 1.29 is 19.2 Å². The SMILES string of the molecule is CC(=NNC(=O)CCCCCC(=O)NN=C(C)c1cccc(NC(=O)c2cccs2)c1)c1cccc(NC(=O)c2cccs2)c1. The Morgan fingerprint density at radius 2 is 1.04 bits per heavy atom. The van der Waals surface area contributed by atoms with Crippen LogP contribution in [0.15, 0.2) is 93.8 Å². The van der Waals surface area contributed by atoms with E-state index in [-0.39, 0.29) is 36.5 Å². The van der Waals surface area contributed by atoms with Crippen LogP contribution in [-0.4, -0.2) is 35.1 Å². The number of benzene rings is 2. The fraction of sp³-hybridized carbons (Fsp3) is 0.212. The number of hydrazone groups is 2. The molecule has 4 N–H and O–H groups in total. The summed E-state index contributed by atoms with van der Waals surface area (Å²) in [4.78, 5) is 50.4. The van der Waals surface area contributed by atoms with Gasteiger partial charge in [0.15, 0.2) is 0 Å². The van der Waals surface area contributed by atoms with Gasteiger partial charge in [0.05, 0.1) is 21.2 Å². The van der Waals surface area contributed by atoms with E-state index >= 15 is 0 Å². The number of unbranched alkanes of at least 4 members (excludes halogenated alkanes) is 2. The van der Waals surface area contributed by atoms with Crippen molar-refractivity contribution in [3.05, 3.63) is 104 Å².